The summed E-state index contributed by atoms with van der Waals surface area (Å²) in [5.74, 6) is 0. The highest BCUT2D eigenvalue weighted by Gasteiger charge is 2.04. The first-order valence-electron chi connectivity index (χ1n) is 4.34. The second kappa shape index (κ2) is 3.54. The summed E-state index contributed by atoms with van der Waals surface area (Å²) in [6, 6.07) is 10.8. The van der Waals surface area contributed by atoms with E-state index < -0.39 is 0 Å². The second-order valence-electron chi connectivity index (χ2n) is 3.12. The fraction of sp³-hybridized carbons (Fsp3) is 0.0909. The number of hydrogen-bond acceptors (Lipinski definition) is 0. The van der Waals surface area contributed by atoms with Gasteiger partial charge in [0.1, 0.15) is 0 Å². The summed E-state index contributed by atoms with van der Waals surface area (Å²) in [6.45, 7) is 0. The zero-order valence-electron chi connectivity index (χ0n) is 6.98. The molecule has 0 amide bonds. The smallest absolute Gasteiger partial charge is 0.0663 e. The molecule has 0 spiro atoms. The first-order chi connectivity index (χ1) is 5.95. The highest BCUT2D eigenvalue weighted by atomic mass is 28.2. The van der Waals surface area contributed by atoms with E-state index in [2.05, 4.69) is 54.6 Å². The van der Waals surface area contributed by atoms with Crippen molar-refractivity contribution < 1.29 is 0 Å². The Morgan fingerprint density at radius 3 is 2.25 bits per heavy atom. The van der Waals surface area contributed by atoms with E-state index in [0.29, 0.717) is 0 Å². The van der Waals surface area contributed by atoms with Gasteiger partial charge in [-0.1, -0.05) is 59.8 Å². The Bertz CT molecular complexity index is 286. The molecule has 60 valence electrons. The summed E-state index contributed by atoms with van der Waals surface area (Å²) < 4.78 is 0. The van der Waals surface area contributed by atoms with Gasteiger partial charge in [0, 0.05) is 0 Å². The van der Waals surface area contributed by atoms with Gasteiger partial charge in [-0.25, -0.2) is 0 Å². The van der Waals surface area contributed by atoms with Crippen LogP contribution in [-0.4, -0.2) is 9.52 Å². The van der Waals surface area contributed by atoms with Crippen molar-refractivity contribution >= 4 is 14.7 Å². The summed E-state index contributed by atoms with van der Waals surface area (Å²) in [6.07, 6.45) is 8.92. The quantitative estimate of drug-likeness (QED) is 0.592. The molecule has 0 radical (unpaired) electrons. The molecular formula is C11H12Si. The molecule has 0 heterocycles. The van der Waals surface area contributed by atoms with E-state index in [1.807, 2.05) is 0 Å². The van der Waals surface area contributed by atoms with E-state index in [9.17, 15) is 0 Å². The number of allylic oxidation sites excluding steroid dienone is 4. The number of benzene rings is 1. The number of hydrogen-bond donors (Lipinski definition) is 0. The Morgan fingerprint density at radius 1 is 0.917 bits per heavy atom. The topological polar surface area (TPSA) is 0 Å². The van der Waals surface area contributed by atoms with Crippen molar-refractivity contribution in [3.05, 3.63) is 54.6 Å². The largest absolute Gasteiger partial charge is 0.0806 e. The zero-order valence-corrected chi connectivity index (χ0v) is 8.39. The lowest BCUT2D eigenvalue weighted by Crippen LogP contribution is -2.16. The van der Waals surface area contributed by atoms with Crippen LogP contribution in [-0.2, 0) is 0 Å². The van der Waals surface area contributed by atoms with Gasteiger partial charge in [-0.2, -0.15) is 0 Å². The van der Waals surface area contributed by atoms with E-state index in [-0.39, 0.29) is 9.52 Å². The fourth-order valence-electron chi connectivity index (χ4n) is 1.50. The van der Waals surface area contributed by atoms with Gasteiger partial charge < -0.3 is 0 Å². The second-order valence-corrected chi connectivity index (χ2v) is 5.29. The van der Waals surface area contributed by atoms with Gasteiger partial charge in [-0.3, -0.25) is 0 Å². The number of rotatable bonds is 2. The van der Waals surface area contributed by atoms with Crippen LogP contribution in [0.5, 0.6) is 0 Å². The minimum Gasteiger partial charge on any atom is -0.0806 e. The van der Waals surface area contributed by atoms with Crippen molar-refractivity contribution in [1.29, 1.82) is 0 Å². The average molecular weight is 172 g/mol. The van der Waals surface area contributed by atoms with Crippen molar-refractivity contribution in [3.63, 3.8) is 0 Å². The standard InChI is InChI=1S/C11H12Si/c1-2-6-10(7-3-1)12-11-8-4-5-9-11/h1-9,11H,12H2. The lowest BCUT2D eigenvalue weighted by molar-refractivity contribution is 1.40. The molecular weight excluding hydrogens is 160 g/mol. The summed E-state index contributed by atoms with van der Waals surface area (Å²) in [4.78, 5) is 0. The highest BCUT2D eigenvalue weighted by Crippen LogP contribution is 2.12. The molecule has 0 unspecified atom stereocenters. The van der Waals surface area contributed by atoms with Crippen LogP contribution in [0.15, 0.2) is 54.6 Å². The molecule has 0 saturated carbocycles. The average Bonchev–Trinajstić information content (AvgIpc) is 2.59. The normalized spacial score (nSPS) is 16.7. The first kappa shape index (κ1) is 7.56. The van der Waals surface area contributed by atoms with E-state index in [4.69, 9.17) is 0 Å². The molecule has 0 aromatic heterocycles. The van der Waals surface area contributed by atoms with Crippen molar-refractivity contribution in [2.45, 2.75) is 5.54 Å². The van der Waals surface area contributed by atoms with E-state index >= 15 is 0 Å². The lowest BCUT2D eigenvalue weighted by Gasteiger charge is -2.02. The molecule has 0 atom stereocenters. The van der Waals surface area contributed by atoms with E-state index in [1.165, 1.54) is 0 Å². The third-order valence-corrected chi connectivity index (χ3v) is 4.10. The maximum atomic E-state index is 2.30. The van der Waals surface area contributed by atoms with E-state index in [1.54, 1.807) is 5.19 Å². The Morgan fingerprint density at radius 2 is 1.58 bits per heavy atom. The SMILES string of the molecule is C1=CC([SiH2]c2ccccc2)C=C1. The molecule has 0 saturated heterocycles. The predicted molar refractivity (Wildman–Crippen MR) is 56.7 cm³/mol. The summed E-state index contributed by atoms with van der Waals surface area (Å²) >= 11 is 0. The van der Waals surface area contributed by atoms with Gasteiger partial charge in [0.2, 0.25) is 0 Å². The Hall–Kier alpha value is -1.08. The third kappa shape index (κ3) is 1.74. The van der Waals surface area contributed by atoms with Crippen molar-refractivity contribution in [2.75, 3.05) is 0 Å². The van der Waals surface area contributed by atoms with Crippen LogP contribution in [0.4, 0.5) is 0 Å². The maximum Gasteiger partial charge on any atom is 0.0663 e. The van der Waals surface area contributed by atoms with Crippen LogP contribution in [0.25, 0.3) is 0 Å². The Kier molecular flexibility index (Phi) is 2.23. The van der Waals surface area contributed by atoms with Crippen LogP contribution < -0.4 is 5.19 Å². The molecule has 1 aromatic rings. The molecule has 1 heteroatoms. The molecule has 0 fully saturated rings. The minimum atomic E-state index is -0.109. The highest BCUT2D eigenvalue weighted by molar-refractivity contribution is 6.56. The lowest BCUT2D eigenvalue weighted by atomic mass is 10.4. The van der Waals surface area contributed by atoms with Crippen LogP contribution in [0.3, 0.4) is 0 Å². The van der Waals surface area contributed by atoms with Gasteiger partial charge in [-0.05, 0) is 5.54 Å². The van der Waals surface area contributed by atoms with Crippen molar-refractivity contribution in [3.8, 4) is 0 Å². The van der Waals surface area contributed by atoms with Gasteiger partial charge in [-0.15, -0.1) is 0 Å². The van der Waals surface area contributed by atoms with Gasteiger partial charge in [0.25, 0.3) is 0 Å². The Labute approximate surface area is 75.4 Å². The molecule has 1 aliphatic carbocycles. The summed E-state index contributed by atoms with van der Waals surface area (Å²) in [5, 5.41) is 1.55. The molecule has 0 aliphatic heterocycles. The molecule has 0 bridgehead atoms. The summed E-state index contributed by atoms with van der Waals surface area (Å²) in [5.41, 5.74) is 0.757. The molecule has 0 nitrogen and oxygen atoms in total. The van der Waals surface area contributed by atoms with Crippen LogP contribution in [0.2, 0.25) is 5.54 Å². The molecule has 12 heavy (non-hydrogen) atoms. The van der Waals surface area contributed by atoms with Crippen LogP contribution in [0, 0.1) is 0 Å². The predicted octanol–water partition coefficient (Wildman–Crippen LogP) is 1.40. The fourth-order valence-corrected chi connectivity index (χ4v) is 3.18. The van der Waals surface area contributed by atoms with Gasteiger partial charge >= 0.3 is 0 Å². The van der Waals surface area contributed by atoms with Crippen molar-refractivity contribution in [1.82, 2.24) is 0 Å². The molecule has 0 N–H and O–H groups in total. The third-order valence-electron chi connectivity index (χ3n) is 2.14. The minimum absolute atomic E-state index is 0.109. The molecule has 1 aliphatic rings. The van der Waals surface area contributed by atoms with Crippen molar-refractivity contribution in [2.24, 2.45) is 0 Å². The van der Waals surface area contributed by atoms with Crippen LogP contribution in [0.1, 0.15) is 0 Å². The van der Waals surface area contributed by atoms with Crippen LogP contribution >= 0.6 is 0 Å². The molecule has 2 rings (SSSR count). The monoisotopic (exact) mass is 172 g/mol. The maximum absolute atomic E-state index is 2.30. The summed E-state index contributed by atoms with van der Waals surface area (Å²) in [7, 11) is -0.109. The van der Waals surface area contributed by atoms with Gasteiger partial charge in [0.05, 0.1) is 9.52 Å². The van der Waals surface area contributed by atoms with Gasteiger partial charge in [0.15, 0.2) is 0 Å². The van der Waals surface area contributed by atoms with E-state index in [0.717, 1.165) is 5.54 Å². The molecule has 1 aromatic carbocycles. The Balaban J connectivity index is 2.04. The zero-order chi connectivity index (χ0) is 8.23. The first-order valence-corrected chi connectivity index (χ1v) is 5.86.